The number of alkyl carbamates (subject to hydrolysis) is 1. The predicted octanol–water partition coefficient (Wildman–Crippen LogP) is 4.94. The normalized spacial score (nSPS) is 22.0. The molecule has 7 nitrogen and oxygen atoms in total. The maximum Gasteiger partial charge on any atom is 0.408 e. The minimum absolute atomic E-state index is 0.0480. The second-order valence-electron chi connectivity index (χ2n) is 11.5. The minimum atomic E-state index is -0.826. The molecular weight excluding hydrogens is 442 g/mol. The monoisotopic (exact) mass is 485 g/mol. The Labute approximate surface area is 210 Å². The van der Waals surface area contributed by atoms with Gasteiger partial charge in [0.25, 0.3) is 0 Å². The van der Waals surface area contributed by atoms with Crippen molar-refractivity contribution >= 4 is 17.9 Å². The second kappa shape index (κ2) is 11.0. The third-order valence-electron chi connectivity index (χ3n) is 6.98. The number of rotatable bonds is 7. The van der Waals surface area contributed by atoms with Crippen LogP contribution in [0.5, 0.6) is 0 Å². The van der Waals surface area contributed by atoms with Gasteiger partial charge < -0.3 is 20.3 Å². The Morgan fingerprint density at radius 3 is 2.26 bits per heavy atom. The van der Waals surface area contributed by atoms with E-state index in [1.807, 2.05) is 26.0 Å². The van der Waals surface area contributed by atoms with Gasteiger partial charge in [-0.15, -0.1) is 0 Å². The van der Waals surface area contributed by atoms with Crippen molar-refractivity contribution in [2.75, 3.05) is 0 Å². The van der Waals surface area contributed by atoms with Crippen LogP contribution in [-0.4, -0.2) is 46.5 Å². The molecule has 4 unspecified atom stereocenters. The van der Waals surface area contributed by atoms with Crippen LogP contribution in [-0.2, 0) is 14.3 Å². The highest BCUT2D eigenvalue weighted by Gasteiger charge is 2.48. The van der Waals surface area contributed by atoms with Crippen molar-refractivity contribution in [3.8, 4) is 0 Å². The summed E-state index contributed by atoms with van der Waals surface area (Å²) < 4.78 is 5.36. The van der Waals surface area contributed by atoms with Crippen molar-refractivity contribution in [1.29, 1.82) is 0 Å². The smallest absolute Gasteiger partial charge is 0.408 e. The quantitative estimate of drug-likeness (QED) is 0.572. The zero-order valence-electron chi connectivity index (χ0n) is 22.4. The van der Waals surface area contributed by atoms with E-state index in [1.165, 1.54) is 6.42 Å². The number of benzene rings is 1. The van der Waals surface area contributed by atoms with E-state index in [1.54, 1.807) is 32.6 Å². The first-order valence-electron chi connectivity index (χ1n) is 13.1. The van der Waals surface area contributed by atoms with E-state index >= 15 is 0 Å². The molecule has 7 heteroatoms. The van der Waals surface area contributed by atoms with Crippen LogP contribution in [0.3, 0.4) is 0 Å². The highest BCUT2D eigenvalue weighted by molar-refractivity contribution is 5.92. The minimum Gasteiger partial charge on any atom is -0.444 e. The number of amides is 3. The first-order valence-corrected chi connectivity index (χ1v) is 13.1. The summed E-state index contributed by atoms with van der Waals surface area (Å²) in [6, 6.07) is 4.52. The van der Waals surface area contributed by atoms with Crippen LogP contribution >= 0.6 is 0 Å². The topological polar surface area (TPSA) is 87.7 Å². The summed E-state index contributed by atoms with van der Waals surface area (Å²) in [5, 5.41) is 5.94. The van der Waals surface area contributed by atoms with Crippen molar-refractivity contribution in [1.82, 2.24) is 15.5 Å². The Morgan fingerprint density at radius 1 is 1.09 bits per heavy atom. The molecule has 0 aromatic heterocycles. The van der Waals surface area contributed by atoms with Crippen molar-refractivity contribution in [2.45, 2.75) is 117 Å². The Kier molecular flexibility index (Phi) is 8.50. The number of nitrogens with one attached hydrogen (secondary N) is 2. The average Bonchev–Trinajstić information content (AvgIpc) is 3.47. The first kappa shape index (κ1) is 27.0. The molecule has 0 saturated heterocycles. The van der Waals surface area contributed by atoms with Crippen LogP contribution in [0.1, 0.15) is 95.9 Å². The van der Waals surface area contributed by atoms with Crippen LogP contribution in [0.15, 0.2) is 18.2 Å². The number of carbonyl (C=O) groups excluding carboxylic acids is 3. The summed E-state index contributed by atoms with van der Waals surface area (Å²) in [7, 11) is 0. The van der Waals surface area contributed by atoms with Gasteiger partial charge in [-0.25, -0.2) is 4.79 Å². The lowest BCUT2D eigenvalue weighted by Crippen LogP contribution is -2.54. The Bertz CT molecular complexity index is 933. The largest absolute Gasteiger partial charge is 0.444 e. The fraction of sp³-hybridized carbons (Fsp3) is 0.679. The molecular formula is C28H43N3O4. The molecule has 0 heterocycles. The van der Waals surface area contributed by atoms with Gasteiger partial charge in [0.15, 0.2) is 0 Å². The van der Waals surface area contributed by atoms with Crippen molar-refractivity contribution in [3.05, 3.63) is 34.9 Å². The molecule has 0 aliphatic heterocycles. The van der Waals surface area contributed by atoms with Gasteiger partial charge in [-0.05, 0) is 77.8 Å². The summed E-state index contributed by atoms with van der Waals surface area (Å²) in [4.78, 5) is 41.8. The van der Waals surface area contributed by atoms with Gasteiger partial charge in [0.05, 0.1) is 0 Å². The SMILES string of the molecule is Cc1ccc(C(C(=O)NC2CCCCC2)N(C(=O)C(C)NC(=O)OC(C)(C)C)C2CC2C)c(C)c1. The van der Waals surface area contributed by atoms with E-state index in [9.17, 15) is 14.4 Å². The van der Waals surface area contributed by atoms with E-state index in [0.29, 0.717) is 5.92 Å². The van der Waals surface area contributed by atoms with Crippen LogP contribution in [0.4, 0.5) is 4.79 Å². The van der Waals surface area contributed by atoms with Gasteiger partial charge in [0.2, 0.25) is 11.8 Å². The summed E-state index contributed by atoms with van der Waals surface area (Å²) in [5.74, 6) is -0.113. The van der Waals surface area contributed by atoms with Gasteiger partial charge in [-0.3, -0.25) is 9.59 Å². The molecule has 2 aliphatic rings. The molecule has 2 fully saturated rings. The Hall–Kier alpha value is -2.57. The first-order chi connectivity index (χ1) is 16.4. The number of carbonyl (C=O) groups is 3. The van der Waals surface area contributed by atoms with Gasteiger partial charge in [0, 0.05) is 12.1 Å². The van der Waals surface area contributed by atoms with Crippen molar-refractivity contribution in [3.63, 3.8) is 0 Å². The molecule has 0 bridgehead atoms. The lowest BCUT2D eigenvalue weighted by atomic mass is 9.93. The van der Waals surface area contributed by atoms with Crippen LogP contribution in [0.25, 0.3) is 0 Å². The third kappa shape index (κ3) is 7.21. The van der Waals surface area contributed by atoms with Crippen molar-refractivity contribution in [2.24, 2.45) is 5.92 Å². The lowest BCUT2D eigenvalue weighted by molar-refractivity contribution is -0.143. The van der Waals surface area contributed by atoms with Gasteiger partial charge in [0.1, 0.15) is 17.7 Å². The van der Waals surface area contributed by atoms with Gasteiger partial charge in [-0.2, -0.15) is 0 Å². The molecule has 1 aromatic carbocycles. The Morgan fingerprint density at radius 2 is 1.71 bits per heavy atom. The molecule has 3 amide bonds. The molecule has 2 saturated carbocycles. The van der Waals surface area contributed by atoms with Gasteiger partial charge >= 0.3 is 6.09 Å². The zero-order chi connectivity index (χ0) is 25.9. The van der Waals surface area contributed by atoms with E-state index < -0.39 is 23.8 Å². The molecule has 4 atom stereocenters. The standard InChI is InChI=1S/C28H43N3O4/c1-17-13-14-22(18(2)15-17)24(25(32)30-21-11-9-8-10-12-21)31(23-16-19(23)3)26(33)20(4)29-27(34)35-28(5,6)7/h13-15,19-21,23-24H,8-12,16H2,1-7H3,(H,29,34)(H,30,32). The molecule has 0 radical (unpaired) electrons. The number of aryl methyl sites for hydroxylation is 2. The maximum atomic E-state index is 13.8. The molecule has 35 heavy (non-hydrogen) atoms. The van der Waals surface area contributed by atoms with Crippen LogP contribution < -0.4 is 10.6 Å². The highest BCUT2D eigenvalue weighted by Crippen LogP contribution is 2.41. The molecule has 0 spiro atoms. The lowest BCUT2D eigenvalue weighted by Gasteiger charge is -2.36. The fourth-order valence-corrected chi connectivity index (χ4v) is 5.02. The van der Waals surface area contributed by atoms with Crippen LogP contribution in [0.2, 0.25) is 0 Å². The third-order valence-corrected chi connectivity index (χ3v) is 6.98. The summed E-state index contributed by atoms with van der Waals surface area (Å²) in [6.07, 6.45) is 5.55. The number of hydrogen-bond donors (Lipinski definition) is 2. The highest BCUT2D eigenvalue weighted by atomic mass is 16.6. The van der Waals surface area contributed by atoms with Gasteiger partial charge in [-0.1, -0.05) is 49.9 Å². The van der Waals surface area contributed by atoms with Crippen LogP contribution in [0, 0.1) is 19.8 Å². The Balaban J connectivity index is 1.92. The molecule has 2 aliphatic carbocycles. The zero-order valence-corrected chi connectivity index (χ0v) is 22.4. The summed E-state index contributed by atoms with van der Waals surface area (Å²) in [6.45, 7) is 13.1. The number of ether oxygens (including phenoxy) is 1. The average molecular weight is 486 g/mol. The van der Waals surface area contributed by atoms with E-state index in [4.69, 9.17) is 4.74 Å². The summed E-state index contributed by atoms with van der Waals surface area (Å²) >= 11 is 0. The maximum absolute atomic E-state index is 13.8. The van der Waals surface area contributed by atoms with E-state index in [-0.39, 0.29) is 23.9 Å². The number of nitrogens with zero attached hydrogens (tertiary/aromatic N) is 1. The second-order valence-corrected chi connectivity index (χ2v) is 11.5. The molecule has 1 aromatic rings. The molecule has 3 rings (SSSR count). The summed E-state index contributed by atoms with van der Waals surface area (Å²) in [5.41, 5.74) is 2.25. The predicted molar refractivity (Wildman–Crippen MR) is 137 cm³/mol. The van der Waals surface area contributed by atoms with E-state index in [2.05, 4.69) is 23.6 Å². The number of hydrogen-bond acceptors (Lipinski definition) is 4. The van der Waals surface area contributed by atoms with Crippen molar-refractivity contribution < 1.29 is 19.1 Å². The molecule has 2 N–H and O–H groups in total. The fourth-order valence-electron chi connectivity index (χ4n) is 5.02. The molecule has 194 valence electrons. The van der Waals surface area contributed by atoms with E-state index in [0.717, 1.165) is 48.8 Å².